The van der Waals surface area contributed by atoms with Gasteiger partial charge in [0, 0.05) is 49.5 Å². The van der Waals surface area contributed by atoms with Crippen LogP contribution in [0.15, 0.2) is 36.4 Å². The zero-order valence-corrected chi connectivity index (χ0v) is 25.6. The number of likely N-dealkylation sites (N-methyl/N-ethyl adjacent to an activating group) is 1. The Morgan fingerprint density at radius 3 is 2.55 bits per heavy atom. The number of anilines is 1. The molecule has 1 aliphatic carbocycles. The summed E-state index contributed by atoms with van der Waals surface area (Å²) in [6.07, 6.45) is 7.05. The molecule has 228 valence electrons. The molecular formula is C33H46N4O5. The average Bonchev–Trinajstić information content (AvgIpc) is 3.66. The van der Waals surface area contributed by atoms with Gasteiger partial charge in [-0.25, -0.2) is 4.79 Å². The normalized spacial score (nSPS) is 20.5. The molecule has 9 nitrogen and oxygen atoms in total. The van der Waals surface area contributed by atoms with Crippen molar-refractivity contribution in [2.45, 2.75) is 70.5 Å². The van der Waals surface area contributed by atoms with Gasteiger partial charge in [0.2, 0.25) is 5.91 Å². The van der Waals surface area contributed by atoms with Gasteiger partial charge in [0.05, 0.1) is 33.8 Å². The number of nitrogens with one attached hydrogen (secondary N) is 1. The Balaban J connectivity index is 1.26. The number of amides is 3. The summed E-state index contributed by atoms with van der Waals surface area (Å²) in [6.45, 7) is 5.57. The first-order valence-corrected chi connectivity index (χ1v) is 15.4. The van der Waals surface area contributed by atoms with E-state index in [9.17, 15) is 9.59 Å². The van der Waals surface area contributed by atoms with Crippen LogP contribution in [0.25, 0.3) is 0 Å². The van der Waals surface area contributed by atoms with E-state index in [1.54, 1.807) is 14.2 Å². The summed E-state index contributed by atoms with van der Waals surface area (Å²) in [4.78, 5) is 32.3. The second-order valence-electron chi connectivity index (χ2n) is 11.9. The van der Waals surface area contributed by atoms with E-state index in [0.717, 1.165) is 55.1 Å². The molecule has 2 aromatic rings. The van der Waals surface area contributed by atoms with Crippen molar-refractivity contribution in [3.8, 4) is 17.2 Å². The zero-order chi connectivity index (χ0) is 29.6. The van der Waals surface area contributed by atoms with E-state index in [2.05, 4.69) is 12.2 Å². The maximum absolute atomic E-state index is 13.8. The Hall–Kier alpha value is -3.46. The Bertz CT molecular complexity index is 1240. The lowest BCUT2D eigenvalue weighted by atomic mass is 10.0. The molecule has 2 aromatic carbocycles. The molecule has 2 atom stereocenters. The van der Waals surface area contributed by atoms with Crippen LogP contribution < -0.4 is 24.4 Å². The highest BCUT2D eigenvalue weighted by molar-refractivity contribution is 5.93. The SMILES string of the molecule is COc1cc(CC(=O)N(C)[C@H]2CCNC2)ccc1CN1C(=O)N(c2ccc(OC)c(OCCCC3CC3)c2)CC[C@@H]1C. The van der Waals surface area contributed by atoms with E-state index in [4.69, 9.17) is 14.2 Å². The quantitative estimate of drug-likeness (QED) is 0.342. The summed E-state index contributed by atoms with van der Waals surface area (Å²) in [5, 5.41) is 3.32. The molecule has 3 amide bonds. The zero-order valence-electron chi connectivity index (χ0n) is 25.6. The number of benzene rings is 2. The molecule has 0 spiro atoms. The molecule has 3 aliphatic rings. The molecule has 2 aliphatic heterocycles. The first kappa shape index (κ1) is 30.0. The molecular weight excluding hydrogens is 532 g/mol. The van der Waals surface area contributed by atoms with Crippen molar-refractivity contribution in [1.82, 2.24) is 15.1 Å². The summed E-state index contributed by atoms with van der Waals surface area (Å²) in [6, 6.07) is 11.9. The lowest BCUT2D eigenvalue weighted by Crippen LogP contribution is -2.53. The molecule has 1 saturated carbocycles. The second-order valence-corrected chi connectivity index (χ2v) is 11.9. The maximum Gasteiger partial charge on any atom is 0.325 e. The Labute approximate surface area is 250 Å². The van der Waals surface area contributed by atoms with E-state index in [1.165, 1.54) is 19.3 Å². The number of ether oxygens (including phenoxy) is 3. The second kappa shape index (κ2) is 13.7. The highest BCUT2D eigenvalue weighted by atomic mass is 16.5. The Morgan fingerprint density at radius 2 is 1.83 bits per heavy atom. The van der Waals surface area contributed by atoms with E-state index in [-0.39, 0.29) is 24.0 Å². The van der Waals surface area contributed by atoms with Crippen molar-refractivity contribution in [1.29, 1.82) is 0 Å². The van der Waals surface area contributed by atoms with Gasteiger partial charge in [-0.2, -0.15) is 0 Å². The minimum atomic E-state index is -0.0493. The fraction of sp³-hybridized carbons (Fsp3) is 0.576. The fourth-order valence-corrected chi connectivity index (χ4v) is 5.97. The molecule has 0 unspecified atom stereocenters. The third kappa shape index (κ3) is 7.12. The largest absolute Gasteiger partial charge is 0.496 e. The predicted molar refractivity (Wildman–Crippen MR) is 164 cm³/mol. The van der Waals surface area contributed by atoms with Crippen LogP contribution in [0.1, 0.15) is 56.6 Å². The highest BCUT2D eigenvalue weighted by Crippen LogP contribution is 2.36. The van der Waals surface area contributed by atoms with Gasteiger partial charge in [-0.05, 0) is 68.8 Å². The van der Waals surface area contributed by atoms with Gasteiger partial charge >= 0.3 is 6.03 Å². The molecule has 2 heterocycles. The third-order valence-corrected chi connectivity index (χ3v) is 8.97. The third-order valence-electron chi connectivity index (χ3n) is 8.97. The van der Waals surface area contributed by atoms with Crippen molar-refractivity contribution < 1.29 is 23.8 Å². The van der Waals surface area contributed by atoms with E-state index in [1.807, 2.05) is 58.1 Å². The predicted octanol–water partition coefficient (Wildman–Crippen LogP) is 4.86. The number of carbonyl (C=O) groups is 2. The molecule has 9 heteroatoms. The Morgan fingerprint density at radius 1 is 1.02 bits per heavy atom. The van der Waals surface area contributed by atoms with Crippen molar-refractivity contribution >= 4 is 17.6 Å². The number of methoxy groups -OCH3 is 2. The molecule has 1 N–H and O–H groups in total. The van der Waals surface area contributed by atoms with Gasteiger partial charge in [0.1, 0.15) is 5.75 Å². The van der Waals surface area contributed by atoms with Crippen molar-refractivity contribution in [2.24, 2.45) is 5.92 Å². The van der Waals surface area contributed by atoms with Crippen LogP contribution in [0.5, 0.6) is 17.2 Å². The highest BCUT2D eigenvalue weighted by Gasteiger charge is 2.33. The maximum atomic E-state index is 13.8. The number of carbonyl (C=O) groups excluding carboxylic acids is 2. The lowest BCUT2D eigenvalue weighted by Gasteiger charge is -2.40. The topological polar surface area (TPSA) is 83.6 Å². The molecule has 5 rings (SSSR count). The van der Waals surface area contributed by atoms with Crippen molar-refractivity contribution in [3.05, 3.63) is 47.5 Å². The molecule has 3 fully saturated rings. The summed E-state index contributed by atoms with van der Waals surface area (Å²) >= 11 is 0. The van der Waals surface area contributed by atoms with Gasteiger partial charge in [0.25, 0.3) is 0 Å². The van der Waals surface area contributed by atoms with Crippen molar-refractivity contribution in [2.75, 3.05) is 52.4 Å². The van der Waals surface area contributed by atoms with Gasteiger partial charge < -0.3 is 29.3 Å². The van der Waals surface area contributed by atoms with Gasteiger partial charge in [-0.3, -0.25) is 9.69 Å². The fourth-order valence-electron chi connectivity index (χ4n) is 5.97. The monoisotopic (exact) mass is 578 g/mol. The number of rotatable bonds is 13. The van der Waals surface area contributed by atoms with Crippen LogP contribution in [0.3, 0.4) is 0 Å². The van der Waals surface area contributed by atoms with Crippen LogP contribution in [-0.2, 0) is 17.8 Å². The van der Waals surface area contributed by atoms with Gasteiger partial charge in [-0.15, -0.1) is 0 Å². The lowest BCUT2D eigenvalue weighted by molar-refractivity contribution is -0.130. The summed E-state index contributed by atoms with van der Waals surface area (Å²) in [5.74, 6) is 3.01. The van der Waals surface area contributed by atoms with Gasteiger partial charge in [0.15, 0.2) is 11.5 Å². The van der Waals surface area contributed by atoms with Crippen LogP contribution >= 0.6 is 0 Å². The van der Waals surface area contributed by atoms with E-state index < -0.39 is 0 Å². The van der Waals surface area contributed by atoms with Crippen molar-refractivity contribution in [3.63, 3.8) is 0 Å². The van der Waals surface area contributed by atoms with Gasteiger partial charge in [-0.1, -0.05) is 25.0 Å². The summed E-state index contributed by atoms with van der Waals surface area (Å²) < 4.78 is 17.4. The summed E-state index contributed by atoms with van der Waals surface area (Å²) in [5.41, 5.74) is 2.62. The minimum Gasteiger partial charge on any atom is -0.496 e. The van der Waals surface area contributed by atoms with Crippen LogP contribution in [0, 0.1) is 5.92 Å². The number of hydrogen-bond acceptors (Lipinski definition) is 6. The van der Waals surface area contributed by atoms with Crippen LogP contribution in [0.4, 0.5) is 10.5 Å². The van der Waals surface area contributed by atoms with E-state index in [0.29, 0.717) is 43.4 Å². The Kier molecular flexibility index (Phi) is 9.77. The molecule has 42 heavy (non-hydrogen) atoms. The molecule has 0 bridgehead atoms. The summed E-state index contributed by atoms with van der Waals surface area (Å²) in [7, 11) is 5.16. The van der Waals surface area contributed by atoms with Crippen LogP contribution in [0.2, 0.25) is 0 Å². The van der Waals surface area contributed by atoms with E-state index >= 15 is 0 Å². The number of urea groups is 1. The molecule has 0 aromatic heterocycles. The number of nitrogens with zero attached hydrogens (tertiary/aromatic N) is 3. The number of hydrogen-bond donors (Lipinski definition) is 1. The average molecular weight is 579 g/mol. The first-order chi connectivity index (χ1) is 20.4. The first-order valence-electron chi connectivity index (χ1n) is 15.4. The molecule has 2 saturated heterocycles. The minimum absolute atomic E-state index is 0.0493. The van der Waals surface area contributed by atoms with Crippen LogP contribution in [-0.4, -0.2) is 81.3 Å². The standard InChI is InChI=1S/C33H46N4O5/c1-23-14-16-36(27-11-12-29(40-3)31(20-27)42-17-5-6-24-7-8-24)33(39)37(23)22-26-10-9-25(18-30(26)41-4)19-32(38)35(2)28-13-15-34-21-28/h9-12,18,20,23-24,28,34H,5-8,13-17,19,21-22H2,1-4H3/t23-,28-/m0/s1. The molecule has 0 radical (unpaired) electrons. The smallest absolute Gasteiger partial charge is 0.325 e.